The fraction of sp³-hybridized carbons (Fsp3) is 0.250. The second kappa shape index (κ2) is 6.02. The van der Waals surface area contributed by atoms with Crippen molar-refractivity contribution >= 4 is 16.0 Å². The fourth-order valence-corrected chi connectivity index (χ4v) is 2.39. The molecule has 2 rings (SSSR count). The lowest BCUT2D eigenvalue weighted by molar-refractivity contribution is 0.0696. The van der Waals surface area contributed by atoms with Gasteiger partial charge in [0.05, 0.1) is 18.3 Å². The minimum absolute atomic E-state index is 0.0887. The average Bonchev–Trinajstić information content (AvgIpc) is 2.93. The van der Waals surface area contributed by atoms with Gasteiger partial charge in [0.1, 0.15) is 5.76 Å². The summed E-state index contributed by atoms with van der Waals surface area (Å²) in [6.45, 7) is 1.78. The summed E-state index contributed by atoms with van der Waals surface area (Å²) in [7, 11) is -3.85. The maximum absolute atomic E-state index is 12.0. The third-order valence-electron chi connectivity index (χ3n) is 2.62. The van der Waals surface area contributed by atoms with E-state index in [1.54, 1.807) is 0 Å². The molecule has 2 aromatic rings. The number of hydrogen-bond acceptors (Lipinski definition) is 6. The Bertz CT molecular complexity index is 737. The van der Waals surface area contributed by atoms with Gasteiger partial charge in [-0.2, -0.15) is 0 Å². The molecule has 0 saturated carbocycles. The van der Waals surface area contributed by atoms with Crippen LogP contribution in [-0.4, -0.2) is 29.5 Å². The largest absolute Gasteiger partial charge is 0.478 e. The lowest BCUT2D eigenvalue weighted by atomic mass is 10.3. The Hall–Kier alpha value is -2.26. The molecular weight excluding hydrogens is 298 g/mol. The summed E-state index contributed by atoms with van der Waals surface area (Å²) in [4.78, 5) is 18.2. The zero-order chi connectivity index (χ0) is 15.5. The lowest BCUT2D eigenvalue weighted by Gasteiger charge is -2.04. The minimum Gasteiger partial charge on any atom is -0.478 e. The molecular formula is C12H13N3O5S. The van der Waals surface area contributed by atoms with Crippen molar-refractivity contribution < 1.29 is 22.7 Å². The minimum atomic E-state index is -3.85. The number of rotatable bonds is 6. The lowest BCUT2D eigenvalue weighted by Crippen LogP contribution is -2.24. The van der Waals surface area contributed by atoms with Crippen LogP contribution in [0.4, 0.5) is 0 Å². The molecule has 0 aliphatic rings. The van der Waals surface area contributed by atoms with E-state index in [9.17, 15) is 13.2 Å². The highest BCUT2D eigenvalue weighted by atomic mass is 32.2. The van der Waals surface area contributed by atoms with Crippen molar-refractivity contribution in [3.8, 4) is 0 Å². The number of nitrogens with zero attached hydrogens (tertiary/aromatic N) is 2. The predicted molar refractivity (Wildman–Crippen MR) is 71.1 cm³/mol. The normalized spacial score (nSPS) is 11.5. The topological polar surface area (TPSA) is 122 Å². The first-order chi connectivity index (χ1) is 9.92. The van der Waals surface area contributed by atoms with Gasteiger partial charge >= 0.3 is 5.97 Å². The number of pyridine rings is 1. The van der Waals surface area contributed by atoms with E-state index in [0.29, 0.717) is 12.2 Å². The van der Waals surface area contributed by atoms with Crippen LogP contribution in [-0.2, 0) is 23.0 Å². The number of carboxylic acid groups (broad SMARTS) is 1. The van der Waals surface area contributed by atoms with Gasteiger partial charge < -0.3 is 9.52 Å². The number of carbonyl (C=O) groups is 1. The molecule has 2 heterocycles. The van der Waals surface area contributed by atoms with E-state index in [2.05, 4.69) is 14.7 Å². The molecule has 0 fully saturated rings. The standard InChI is InChI=1S/C12H13N3O5S/c1-2-9-6-13-10(20-9)7-15-21(18,19)11-4-3-8(5-14-11)12(16)17/h3-6,15H,2,7H2,1H3,(H,16,17). The number of aryl methyl sites for hydroxylation is 1. The van der Waals surface area contributed by atoms with Crippen LogP contribution in [0.2, 0.25) is 0 Å². The molecule has 2 N–H and O–H groups in total. The number of nitrogens with one attached hydrogen (secondary N) is 1. The smallest absolute Gasteiger partial charge is 0.337 e. The zero-order valence-corrected chi connectivity index (χ0v) is 11.9. The Morgan fingerprint density at radius 2 is 2.10 bits per heavy atom. The van der Waals surface area contributed by atoms with Gasteiger partial charge in [0.2, 0.25) is 5.89 Å². The van der Waals surface area contributed by atoms with Crippen molar-refractivity contribution in [1.82, 2.24) is 14.7 Å². The highest BCUT2D eigenvalue weighted by Crippen LogP contribution is 2.09. The molecule has 0 radical (unpaired) electrons. The van der Waals surface area contributed by atoms with Crippen molar-refractivity contribution in [2.75, 3.05) is 0 Å². The first-order valence-electron chi connectivity index (χ1n) is 6.05. The van der Waals surface area contributed by atoms with E-state index in [1.807, 2.05) is 6.92 Å². The number of aromatic nitrogens is 2. The van der Waals surface area contributed by atoms with Crippen molar-refractivity contribution in [2.24, 2.45) is 0 Å². The van der Waals surface area contributed by atoms with Crippen LogP contribution in [0.1, 0.15) is 28.9 Å². The molecule has 8 nitrogen and oxygen atoms in total. The first-order valence-corrected chi connectivity index (χ1v) is 7.53. The predicted octanol–water partition coefficient (Wildman–Crippen LogP) is 0.809. The molecule has 112 valence electrons. The number of oxazole rings is 1. The van der Waals surface area contributed by atoms with E-state index >= 15 is 0 Å². The van der Waals surface area contributed by atoms with Gasteiger partial charge in [0, 0.05) is 12.6 Å². The number of hydrogen-bond donors (Lipinski definition) is 2. The maximum atomic E-state index is 12.0. The highest BCUT2D eigenvalue weighted by Gasteiger charge is 2.17. The van der Waals surface area contributed by atoms with Gasteiger partial charge in [-0.25, -0.2) is 27.9 Å². The van der Waals surface area contributed by atoms with Crippen molar-refractivity contribution in [3.05, 3.63) is 41.7 Å². The van der Waals surface area contributed by atoms with E-state index in [-0.39, 0.29) is 23.0 Å². The van der Waals surface area contributed by atoms with Gasteiger partial charge in [0.25, 0.3) is 10.0 Å². The molecule has 21 heavy (non-hydrogen) atoms. The van der Waals surface area contributed by atoms with Crippen LogP contribution < -0.4 is 4.72 Å². The summed E-state index contributed by atoms with van der Waals surface area (Å²) in [5.41, 5.74) is -0.0887. The number of aromatic carboxylic acids is 1. The summed E-state index contributed by atoms with van der Waals surface area (Å²) >= 11 is 0. The fourth-order valence-electron chi connectivity index (χ4n) is 1.49. The van der Waals surface area contributed by atoms with Crippen molar-refractivity contribution in [3.63, 3.8) is 0 Å². The summed E-state index contributed by atoms with van der Waals surface area (Å²) in [5.74, 6) is -0.267. The van der Waals surface area contributed by atoms with Gasteiger partial charge in [-0.05, 0) is 12.1 Å². The van der Waals surface area contributed by atoms with Gasteiger partial charge in [0.15, 0.2) is 5.03 Å². The van der Waals surface area contributed by atoms with Crippen molar-refractivity contribution in [2.45, 2.75) is 24.9 Å². The number of carboxylic acids is 1. The van der Waals surface area contributed by atoms with Crippen LogP contribution in [0.15, 0.2) is 34.0 Å². The summed E-state index contributed by atoms with van der Waals surface area (Å²) < 4.78 is 31.5. The van der Waals surface area contributed by atoms with Crippen LogP contribution in [0.3, 0.4) is 0 Å². The third-order valence-corrected chi connectivity index (χ3v) is 3.94. The van der Waals surface area contributed by atoms with E-state index in [4.69, 9.17) is 9.52 Å². The molecule has 0 bridgehead atoms. The monoisotopic (exact) mass is 311 g/mol. The zero-order valence-electron chi connectivity index (χ0n) is 11.1. The van der Waals surface area contributed by atoms with Gasteiger partial charge in [-0.3, -0.25) is 0 Å². The molecule has 0 aliphatic carbocycles. The molecule has 2 aromatic heterocycles. The summed E-state index contributed by atoms with van der Waals surface area (Å²) in [6.07, 6.45) is 3.18. The van der Waals surface area contributed by atoms with Crippen LogP contribution >= 0.6 is 0 Å². The average molecular weight is 311 g/mol. The highest BCUT2D eigenvalue weighted by molar-refractivity contribution is 7.89. The summed E-state index contributed by atoms with van der Waals surface area (Å²) in [5, 5.41) is 8.46. The van der Waals surface area contributed by atoms with E-state index in [1.165, 1.54) is 12.3 Å². The van der Waals surface area contributed by atoms with Crippen molar-refractivity contribution in [1.29, 1.82) is 0 Å². The third kappa shape index (κ3) is 3.64. The van der Waals surface area contributed by atoms with Crippen LogP contribution in [0.25, 0.3) is 0 Å². The van der Waals surface area contributed by atoms with E-state index < -0.39 is 16.0 Å². The molecule has 9 heteroatoms. The second-order valence-corrected chi connectivity index (χ2v) is 5.80. The van der Waals surface area contributed by atoms with Gasteiger partial charge in [-0.15, -0.1) is 0 Å². The maximum Gasteiger partial charge on any atom is 0.337 e. The summed E-state index contributed by atoms with van der Waals surface area (Å²) in [6, 6.07) is 2.29. The Balaban J connectivity index is 2.09. The molecule has 0 aliphatic heterocycles. The van der Waals surface area contributed by atoms with Crippen LogP contribution in [0.5, 0.6) is 0 Å². The Morgan fingerprint density at radius 1 is 1.33 bits per heavy atom. The Labute approximate surface area is 120 Å². The first kappa shape index (κ1) is 15.1. The molecule has 0 unspecified atom stereocenters. The Morgan fingerprint density at radius 3 is 2.62 bits per heavy atom. The van der Waals surface area contributed by atoms with E-state index in [0.717, 1.165) is 12.3 Å². The number of sulfonamides is 1. The van der Waals surface area contributed by atoms with Crippen LogP contribution in [0, 0.1) is 0 Å². The molecule has 0 amide bonds. The molecule has 0 spiro atoms. The SMILES string of the molecule is CCc1cnc(CNS(=O)(=O)c2ccc(C(=O)O)cn2)o1. The molecule has 0 atom stereocenters. The van der Waals surface area contributed by atoms with Gasteiger partial charge in [-0.1, -0.05) is 6.92 Å². The quantitative estimate of drug-likeness (QED) is 0.809. The molecule has 0 aromatic carbocycles. The Kier molecular flexibility index (Phi) is 4.34. The second-order valence-electron chi connectivity index (χ2n) is 4.09. The molecule has 0 saturated heterocycles.